The molecule has 0 aromatic rings. The molecule has 0 spiro atoms. The van der Waals surface area contributed by atoms with Crippen molar-refractivity contribution in [1.29, 1.82) is 0 Å². The molecular formula is C15H27ClN2O3. The van der Waals surface area contributed by atoms with Crippen LogP contribution in [0.5, 0.6) is 0 Å². The first kappa shape index (κ1) is 18.2. The van der Waals surface area contributed by atoms with Crippen LogP contribution < -0.4 is 5.32 Å². The van der Waals surface area contributed by atoms with Crippen LogP contribution in [0, 0.1) is 5.92 Å². The molecule has 1 saturated carbocycles. The highest BCUT2D eigenvalue weighted by atomic mass is 35.5. The molecular weight excluding hydrogens is 292 g/mol. The van der Waals surface area contributed by atoms with Gasteiger partial charge in [0.15, 0.2) is 0 Å². The highest BCUT2D eigenvalue weighted by Crippen LogP contribution is 2.23. The molecule has 2 fully saturated rings. The van der Waals surface area contributed by atoms with E-state index in [0.29, 0.717) is 13.0 Å². The Labute approximate surface area is 132 Å². The molecule has 1 amide bonds. The average molecular weight is 319 g/mol. The fourth-order valence-electron chi connectivity index (χ4n) is 3.32. The molecule has 2 rings (SSSR count). The molecule has 2 N–H and O–H groups in total. The maximum Gasteiger partial charge on any atom is 0.320 e. The SMILES string of the molecule is CC1CCC(NC(=O)CN2CCCCC2C(=O)O)CC1.Cl. The van der Waals surface area contributed by atoms with Gasteiger partial charge in [-0.15, -0.1) is 12.4 Å². The van der Waals surface area contributed by atoms with Crippen molar-refractivity contribution in [2.45, 2.75) is 64.0 Å². The molecule has 0 aromatic heterocycles. The minimum atomic E-state index is -0.802. The van der Waals surface area contributed by atoms with E-state index in [1.165, 1.54) is 12.8 Å². The zero-order valence-electron chi connectivity index (χ0n) is 12.7. The van der Waals surface area contributed by atoms with Gasteiger partial charge in [-0.25, -0.2) is 0 Å². The van der Waals surface area contributed by atoms with E-state index in [1.807, 2.05) is 4.90 Å². The molecule has 0 bridgehead atoms. The number of hydrogen-bond donors (Lipinski definition) is 2. The summed E-state index contributed by atoms with van der Waals surface area (Å²) in [5.41, 5.74) is 0. The average Bonchev–Trinajstić information content (AvgIpc) is 2.41. The van der Waals surface area contributed by atoms with Crippen molar-refractivity contribution in [3.8, 4) is 0 Å². The molecule has 1 heterocycles. The molecule has 2 aliphatic rings. The monoisotopic (exact) mass is 318 g/mol. The molecule has 0 radical (unpaired) electrons. The highest BCUT2D eigenvalue weighted by molar-refractivity contribution is 5.85. The lowest BCUT2D eigenvalue weighted by Gasteiger charge is -2.33. The maximum absolute atomic E-state index is 12.1. The predicted molar refractivity (Wildman–Crippen MR) is 83.7 cm³/mol. The second-order valence-corrected chi connectivity index (χ2v) is 6.34. The summed E-state index contributed by atoms with van der Waals surface area (Å²) in [5, 5.41) is 12.3. The minimum Gasteiger partial charge on any atom is -0.480 e. The predicted octanol–water partition coefficient (Wildman–Crippen LogP) is 2.04. The number of nitrogens with zero attached hydrogens (tertiary/aromatic N) is 1. The zero-order valence-corrected chi connectivity index (χ0v) is 13.5. The van der Waals surface area contributed by atoms with Gasteiger partial charge in [0.25, 0.3) is 0 Å². The maximum atomic E-state index is 12.1. The first-order valence-electron chi connectivity index (χ1n) is 7.82. The third-order valence-electron chi connectivity index (χ3n) is 4.63. The van der Waals surface area contributed by atoms with Gasteiger partial charge in [0.05, 0.1) is 6.54 Å². The number of likely N-dealkylation sites (tertiary alicyclic amines) is 1. The summed E-state index contributed by atoms with van der Waals surface area (Å²) in [6.07, 6.45) is 7.03. The Kier molecular flexibility index (Phi) is 7.46. The van der Waals surface area contributed by atoms with E-state index in [0.717, 1.165) is 31.6 Å². The number of hydrogen-bond acceptors (Lipinski definition) is 3. The summed E-state index contributed by atoms with van der Waals surface area (Å²) < 4.78 is 0. The smallest absolute Gasteiger partial charge is 0.320 e. The lowest BCUT2D eigenvalue weighted by atomic mass is 9.87. The molecule has 21 heavy (non-hydrogen) atoms. The van der Waals surface area contributed by atoms with Gasteiger partial charge in [0.2, 0.25) is 5.91 Å². The molecule has 1 saturated heterocycles. The quantitative estimate of drug-likeness (QED) is 0.832. The van der Waals surface area contributed by atoms with Crippen molar-refractivity contribution in [3.05, 3.63) is 0 Å². The van der Waals surface area contributed by atoms with Crippen LogP contribution in [0.25, 0.3) is 0 Å². The number of piperidine rings is 1. The number of aliphatic carboxylic acids is 1. The standard InChI is InChI=1S/C15H26N2O3.ClH/c1-11-5-7-12(8-6-11)16-14(18)10-17-9-3-2-4-13(17)15(19)20;/h11-13H,2-10H2,1H3,(H,16,18)(H,19,20);1H. The van der Waals surface area contributed by atoms with Gasteiger partial charge in [0, 0.05) is 6.04 Å². The normalized spacial score (nSPS) is 30.2. The van der Waals surface area contributed by atoms with Crippen LogP contribution in [0.2, 0.25) is 0 Å². The van der Waals surface area contributed by atoms with Crippen molar-refractivity contribution < 1.29 is 14.7 Å². The van der Waals surface area contributed by atoms with Gasteiger partial charge in [0.1, 0.15) is 6.04 Å². The first-order chi connectivity index (χ1) is 9.56. The molecule has 5 nitrogen and oxygen atoms in total. The lowest BCUT2D eigenvalue weighted by molar-refractivity contribution is -0.145. The summed E-state index contributed by atoms with van der Waals surface area (Å²) in [6, 6.07) is -0.201. The van der Waals surface area contributed by atoms with Crippen LogP contribution in [0.3, 0.4) is 0 Å². The van der Waals surface area contributed by atoms with Crippen molar-refractivity contribution in [1.82, 2.24) is 10.2 Å². The number of nitrogens with one attached hydrogen (secondary N) is 1. The first-order valence-corrected chi connectivity index (χ1v) is 7.82. The number of halogens is 1. The van der Waals surface area contributed by atoms with E-state index in [1.54, 1.807) is 0 Å². The summed E-state index contributed by atoms with van der Waals surface area (Å²) in [7, 11) is 0. The van der Waals surface area contributed by atoms with E-state index in [4.69, 9.17) is 0 Å². The van der Waals surface area contributed by atoms with Crippen LogP contribution >= 0.6 is 12.4 Å². The number of carboxylic acid groups (broad SMARTS) is 1. The van der Waals surface area contributed by atoms with Crippen LogP contribution in [0.4, 0.5) is 0 Å². The fraction of sp³-hybridized carbons (Fsp3) is 0.867. The number of rotatable bonds is 4. The second kappa shape index (κ2) is 8.59. The Morgan fingerprint density at radius 2 is 1.81 bits per heavy atom. The Morgan fingerprint density at radius 3 is 2.43 bits per heavy atom. The number of carboxylic acids is 1. The van der Waals surface area contributed by atoms with Crippen LogP contribution in [0.15, 0.2) is 0 Å². The molecule has 6 heteroatoms. The van der Waals surface area contributed by atoms with Gasteiger partial charge in [-0.3, -0.25) is 14.5 Å². The van der Waals surface area contributed by atoms with Crippen molar-refractivity contribution in [2.75, 3.05) is 13.1 Å². The summed E-state index contributed by atoms with van der Waals surface area (Å²) in [5.74, 6) is -0.0525. The summed E-state index contributed by atoms with van der Waals surface area (Å²) >= 11 is 0. The topological polar surface area (TPSA) is 69.6 Å². The molecule has 1 aliphatic carbocycles. The summed E-state index contributed by atoms with van der Waals surface area (Å²) in [4.78, 5) is 25.1. The molecule has 1 atom stereocenters. The second-order valence-electron chi connectivity index (χ2n) is 6.34. The van der Waals surface area contributed by atoms with Crippen molar-refractivity contribution in [2.24, 2.45) is 5.92 Å². The summed E-state index contributed by atoms with van der Waals surface area (Å²) in [6.45, 7) is 3.19. The van der Waals surface area contributed by atoms with E-state index in [9.17, 15) is 14.7 Å². The van der Waals surface area contributed by atoms with E-state index in [-0.39, 0.29) is 30.9 Å². The van der Waals surface area contributed by atoms with Crippen LogP contribution in [-0.4, -0.2) is 47.1 Å². The van der Waals surface area contributed by atoms with Gasteiger partial charge in [-0.1, -0.05) is 13.3 Å². The van der Waals surface area contributed by atoms with Gasteiger partial charge in [-0.05, 0) is 51.0 Å². The van der Waals surface area contributed by atoms with Gasteiger partial charge < -0.3 is 10.4 Å². The molecule has 0 aromatic carbocycles. The van der Waals surface area contributed by atoms with Crippen molar-refractivity contribution in [3.63, 3.8) is 0 Å². The van der Waals surface area contributed by atoms with E-state index >= 15 is 0 Å². The van der Waals surface area contributed by atoms with Crippen molar-refractivity contribution >= 4 is 24.3 Å². The zero-order chi connectivity index (χ0) is 14.5. The Balaban J connectivity index is 0.00000220. The Morgan fingerprint density at radius 1 is 1.14 bits per heavy atom. The van der Waals surface area contributed by atoms with Crippen LogP contribution in [-0.2, 0) is 9.59 Å². The van der Waals surface area contributed by atoms with E-state index in [2.05, 4.69) is 12.2 Å². The minimum absolute atomic E-state index is 0. The van der Waals surface area contributed by atoms with Crippen LogP contribution in [0.1, 0.15) is 51.9 Å². The van der Waals surface area contributed by atoms with Gasteiger partial charge in [-0.2, -0.15) is 0 Å². The number of carbonyl (C=O) groups is 2. The van der Waals surface area contributed by atoms with E-state index < -0.39 is 12.0 Å². The highest BCUT2D eigenvalue weighted by Gasteiger charge is 2.30. The largest absolute Gasteiger partial charge is 0.480 e. The lowest BCUT2D eigenvalue weighted by Crippen LogP contribution is -2.50. The molecule has 122 valence electrons. The molecule has 1 unspecified atom stereocenters. The third kappa shape index (κ3) is 5.47. The van der Waals surface area contributed by atoms with Gasteiger partial charge >= 0.3 is 5.97 Å². The number of amides is 1. The molecule has 1 aliphatic heterocycles. The third-order valence-corrected chi connectivity index (χ3v) is 4.63. The fourth-order valence-corrected chi connectivity index (χ4v) is 3.32. The Hall–Kier alpha value is -0.810. The number of carbonyl (C=O) groups excluding carboxylic acids is 1. The Bertz CT molecular complexity index is 357.